The van der Waals surface area contributed by atoms with Gasteiger partial charge in [-0.25, -0.2) is 0 Å². The van der Waals surface area contributed by atoms with E-state index in [4.69, 9.17) is 9.15 Å². The number of amides is 4. The van der Waals surface area contributed by atoms with Crippen molar-refractivity contribution in [3.63, 3.8) is 0 Å². The minimum atomic E-state index is -1.04. The predicted molar refractivity (Wildman–Crippen MR) is 181 cm³/mol. The van der Waals surface area contributed by atoms with Crippen molar-refractivity contribution < 1.29 is 33.1 Å². The van der Waals surface area contributed by atoms with E-state index in [1.807, 2.05) is 26.0 Å². The molecule has 2 aliphatic carbocycles. The molecule has 2 aliphatic heterocycles. The number of likely N-dealkylation sites (tertiary alicyclic amines) is 1. The third-order valence-electron chi connectivity index (χ3n) is 11.1. The van der Waals surface area contributed by atoms with Crippen LogP contribution in [0.15, 0.2) is 34.8 Å². The molecule has 2 spiro atoms. The molecular weight excluding hydrogens is 628 g/mol. The Morgan fingerprint density at radius 1 is 1.06 bits per heavy atom. The highest BCUT2D eigenvalue weighted by molar-refractivity contribution is 6.38. The van der Waals surface area contributed by atoms with Gasteiger partial charge in [-0.3, -0.25) is 24.0 Å². The summed E-state index contributed by atoms with van der Waals surface area (Å²) in [6.45, 7) is 4.93. The number of aromatic nitrogens is 1. The monoisotopic (exact) mass is 676 g/mol. The standard InChI is InChI=1S/C36H48N6O7/c1-22(2)29(41-34-40-26-19-23(48-3)11-12-27(26)49-34)33(47)42-20-24(36(21-42)16-15-35(36)13-14-35)31(45)39-25-9-7-5-4-6-8-10-28(43)37-17-18-38-32(46)30(25)44/h5,7,11-12,19,22,24-25,29H,4,6,8-10,13-18,20-21H2,1-3H3,(H,37,43)(H,38,46)(H,39,45)(H,40,41)/t24-,25-,29?,36+/m1/s1. The fourth-order valence-electron chi connectivity index (χ4n) is 7.95. The molecular formula is C36H48N6O7. The molecule has 4 aliphatic rings. The molecule has 2 aromatic rings. The van der Waals surface area contributed by atoms with E-state index in [0.717, 1.165) is 44.9 Å². The first-order valence-corrected chi connectivity index (χ1v) is 17.6. The van der Waals surface area contributed by atoms with Crippen molar-refractivity contribution in [3.8, 4) is 5.75 Å². The number of rotatable bonds is 7. The van der Waals surface area contributed by atoms with E-state index in [2.05, 4.69) is 26.3 Å². The second-order valence-electron chi connectivity index (χ2n) is 14.4. The van der Waals surface area contributed by atoms with Crippen molar-refractivity contribution >= 4 is 46.5 Å². The van der Waals surface area contributed by atoms with Crippen LogP contribution in [0.2, 0.25) is 0 Å². The Kier molecular flexibility index (Phi) is 9.99. The summed E-state index contributed by atoms with van der Waals surface area (Å²) in [7, 11) is 1.58. The zero-order valence-corrected chi connectivity index (χ0v) is 28.6. The summed E-state index contributed by atoms with van der Waals surface area (Å²) in [5.74, 6) is -2.02. The van der Waals surface area contributed by atoms with Crippen LogP contribution in [0.1, 0.15) is 71.6 Å². The molecule has 4 amide bonds. The average Bonchev–Trinajstić information content (AvgIpc) is 3.67. The number of nitrogens with zero attached hydrogens (tertiary/aromatic N) is 2. The zero-order chi connectivity index (χ0) is 34.8. The molecule has 4 N–H and O–H groups in total. The lowest BCUT2D eigenvalue weighted by molar-refractivity contribution is -0.142. The van der Waals surface area contributed by atoms with Gasteiger partial charge in [0.25, 0.3) is 11.9 Å². The van der Waals surface area contributed by atoms with Crippen LogP contribution in [0.3, 0.4) is 0 Å². The molecule has 49 heavy (non-hydrogen) atoms. The van der Waals surface area contributed by atoms with Crippen molar-refractivity contribution in [3.05, 3.63) is 30.4 Å². The summed E-state index contributed by atoms with van der Waals surface area (Å²) in [5.41, 5.74) is 0.828. The molecule has 264 valence electrons. The van der Waals surface area contributed by atoms with Crippen LogP contribution in [0.25, 0.3) is 11.1 Å². The fourth-order valence-corrected chi connectivity index (χ4v) is 7.95. The third-order valence-corrected chi connectivity index (χ3v) is 11.1. The Bertz CT molecular complexity index is 1630. The van der Waals surface area contributed by atoms with Gasteiger partial charge in [-0.05, 0) is 74.8 Å². The van der Waals surface area contributed by atoms with Crippen LogP contribution >= 0.6 is 0 Å². The number of ketones is 1. The molecule has 4 atom stereocenters. The average molecular weight is 677 g/mol. The van der Waals surface area contributed by atoms with Crippen LogP contribution in [-0.2, 0) is 24.0 Å². The maximum absolute atomic E-state index is 14.2. The molecule has 3 fully saturated rings. The Balaban J connectivity index is 1.18. The molecule has 0 radical (unpaired) electrons. The zero-order valence-electron chi connectivity index (χ0n) is 28.6. The number of hydrogen-bond donors (Lipinski definition) is 4. The third kappa shape index (κ3) is 7.02. The van der Waals surface area contributed by atoms with Crippen molar-refractivity contribution in [2.45, 2.75) is 83.7 Å². The molecule has 1 aromatic heterocycles. The number of hydrogen-bond acceptors (Lipinski definition) is 9. The van der Waals surface area contributed by atoms with Crippen molar-refractivity contribution in [1.82, 2.24) is 25.8 Å². The van der Waals surface area contributed by atoms with Gasteiger partial charge in [-0.15, -0.1) is 0 Å². The first-order chi connectivity index (χ1) is 23.6. The number of benzene rings is 1. The molecule has 13 heteroatoms. The summed E-state index contributed by atoms with van der Waals surface area (Å²) in [6, 6.07) is 3.87. The van der Waals surface area contributed by atoms with E-state index in [9.17, 15) is 24.0 Å². The summed E-state index contributed by atoms with van der Waals surface area (Å²) in [5, 5.41) is 11.5. The lowest BCUT2D eigenvalue weighted by Crippen LogP contribution is -2.56. The molecule has 1 saturated heterocycles. The normalized spacial score (nSPS) is 26.4. The molecule has 6 rings (SSSR count). The number of carbonyl (C=O) groups excluding carboxylic acids is 5. The first-order valence-electron chi connectivity index (χ1n) is 17.6. The number of allylic oxidation sites excluding steroid dienone is 1. The van der Waals surface area contributed by atoms with Gasteiger partial charge < -0.3 is 35.3 Å². The predicted octanol–water partition coefficient (Wildman–Crippen LogP) is 3.10. The Morgan fingerprint density at radius 3 is 2.55 bits per heavy atom. The van der Waals surface area contributed by atoms with Crippen LogP contribution in [-0.4, -0.2) is 84.7 Å². The number of fused-ring (bicyclic) bond motifs is 2. The molecule has 2 saturated carbocycles. The second kappa shape index (κ2) is 14.2. The molecule has 0 bridgehead atoms. The van der Waals surface area contributed by atoms with Gasteiger partial charge in [0.2, 0.25) is 23.5 Å². The van der Waals surface area contributed by atoms with E-state index in [1.165, 1.54) is 0 Å². The highest BCUT2D eigenvalue weighted by atomic mass is 16.5. The van der Waals surface area contributed by atoms with Crippen molar-refractivity contribution in [1.29, 1.82) is 0 Å². The van der Waals surface area contributed by atoms with Gasteiger partial charge in [0, 0.05) is 44.1 Å². The van der Waals surface area contributed by atoms with E-state index in [1.54, 1.807) is 30.2 Å². The van der Waals surface area contributed by atoms with Crippen molar-refractivity contribution in [2.75, 3.05) is 38.6 Å². The lowest BCUT2D eigenvalue weighted by atomic mass is 9.52. The number of Topliss-reactive ketones (excluding diaryl/α,β-unsaturated/α-hetero) is 1. The lowest BCUT2D eigenvalue weighted by Gasteiger charge is -2.51. The highest BCUT2D eigenvalue weighted by Crippen LogP contribution is 2.75. The summed E-state index contributed by atoms with van der Waals surface area (Å²) >= 11 is 0. The summed E-state index contributed by atoms with van der Waals surface area (Å²) in [6.07, 6.45) is 10.5. The Labute approximate surface area is 286 Å². The smallest absolute Gasteiger partial charge is 0.296 e. The van der Waals surface area contributed by atoms with Gasteiger partial charge in [-0.2, -0.15) is 4.98 Å². The minimum absolute atomic E-state index is 0.0254. The van der Waals surface area contributed by atoms with Crippen LogP contribution in [0.5, 0.6) is 5.75 Å². The van der Waals surface area contributed by atoms with E-state index in [0.29, 0.717) is 29.8 Å². The summed E-state index contributed by atoms with van der Waals surface area (Å²) < 4.78 is 11.2. The minimum Gasteiger partial charge on any atom is -0.497 e. The molecule has 1 unspecified atom stereocenters. The van der Waals surface area contributed by atoms with Gasteiger partial charge in [-0.1, -0.05) is 26.0 Å². The van der Waals surface area contributed by atoms with Gasteiger partial charge in [0.05, 0.1) is 13.0 Å². The largest absolute Gasteiger partial charge is 0.497 e. The quantitative estimate of drug-likeness (QED) is 0.254. The van der Waals surface area contributed by atoms with Gasteiger partial charge in [0.1, 0.15) is 23.3 Å². The molecule has 1 aromatic carbocycles. The topological polar surface area (TPSA) is 172 Å². The van der Waals surface area contributed by atoms with E-state index >= 15 is 0 Å². The number of ether oxygens (including phenoxy) is 1. The van der Waals surface area contributed by atoms with Gasteiger partial charge >= 0.3 is 0 Å². The van der Waals surface area contributed by atoms with Crippen LogP contribution in [0.4, 0.5) is 6.01 Å². The van der Waals surface area contributed by atoms with Crippen LogP contribution in [0, 0.1) is 22.7 Å². The number of oxazole rings is 1. The second-order valence-corrected chi connectivity index (χ2v) is 14.4. The van der Waals surface area contributed by atoms with E-state index in [-0.39, 0.29) is 66.5 Å². The highest BCUT2D eigenvalue weighted by Gasteiger charge is 2.72. The number of carbonyl (C=O) groups is 5. The Hall–Kier alpha value is -4.42. The van der Waals surface area contributed by atoms with Gasteiger partial charge in [0.15, 0.2) is 5.58 Å². The van der Waals surface area contributed by atoms with Crippen LogP contribution < -0.4 is 26.0 Å². The Morgan fingerprint density at radius 2 is 1.84 bits per heavy atom. The summed E-state index contributed by atoms with van der Waals surface area (Å²) in [4.78, 5) is 72.9. The van der Waals surface area contributed by atoms with Crippen molar-refractivity contribution in [2.24, 2.45) is 22.7 Å². The molecule has 3 heterocycles. The molecule has 13 nitrogen and oxygen atoms in total. The van der Waals surface area contributed by atoms with E-state index < -0.39 is 29.7 Å². The maximum Gasteiger partial charge on any atom is 0.296 e. The number of nitrogens with one attached hydrogen (secondary N) is 4. The number of methoxy groups -OCH3 is 1. The fraction of sp³-hybridized carbons (Fsp3) is 0.611. The number of anilines is 1. The first kappa shape index (κ1) is 34.4. The SMILES string of the molecule is COc1ccc2oc(NC(C(=O)N3C[C@H](C(=O)N[C@@H]4CC=CCCCCC(=O)NCCNC(=O)C4=O)[C@]4(CCC45CC5)C3)C(C)C)nc2c1. The maximum atomic E-state index is 14.2.